The van der Waals surface area contributed by atoms with E-state index in [0.29, 0.717) is 5.92 Å². The van der Waals surface area contributed by atoms with Crippen molar-refractivity contribution in [1.82, 2.24) is 0 Å². The van der Waals surface area contributed by atoms with E-state index in [9.17, 15) is 4.79 Å². The molecule has 0 aromatic carbocycles. The van der Waals surface area contributed by atoms with Crippen molar-refractivity contribution < 1.29 is 14.3 Å². The lowest BCUT2D eigenvalue weighted by Gasteiger charge is -2.51. The van der Waals surface area contributed by atoms with E-state index in [1.54, 1.807) is 0 Å². The molecule has 1 heterocycles. The van der Waals surface area contributed by atoms with E-state index >= 15 is 0 Å². The van der Waals surface area contributed by atoms with Crippen LogP contribution in [0.4, 0.5) is 0 Å². The van der Waals surface area contributed by atoms with Crippen LogP contribution in [-0.2, 0) is 14.3 Å². The molecular weight excluding hydrogens is 240 g/mol. The minimum absolute atomic E-state index is 0.156. The highest BCUT2D eigenvalue weighted by molar-refractivity contribution is 5.66. The van der Waals surface area contributed by atoms with Gasteiger partial charge in [0, 0.05) is 19.3 Å². The van der Waals surface area contributed by atoms with Crippen LogP contribution in [0.1, 0.15) is 66.2 Å². The molecule has 1 aliphatic heterocycles. The van der Waals surface area contributed by atoms with Crippen LogP contribution in [0.15, 0.2) is 0 Å². The van der Waals surface area contributed by atoms with Gasteiger partial charge in [0.2, 0.25) is 0 Å². The molecule has 2 aliphatic rings. The molecule has 110 valence electrons. The lowest BCUT2D eigenvalue weighted by molar-refractivity contribution is -0.216. The van der Waals surface area contributed by atoms with Crippen LogP contribution >= 0.6 is 0 Å². The number of carbonyl (C=O) groups excluding carboxylic acids is 1. The maximum atomic E-state index is 11.5. The Morgan fingerprint density at radius 2 is 2.16 bits per heavy atom. The average molecular weight is 268 g/mol. The van der Waals surface area contributed by atoms with E-state index in [0.717, 1.165) is 38.0 Å². The number of hydrogen-bond acceptors (Lipinski definition) is 3. The van der Waals surface area contributed by atoms with Crippen molar-refractivity contribution in [2.75, 3.05) is 0 Å². The zero-order valence-corrected chi connectivity index (χ0v) is 12.8. The molecule has 0 aromatic rings. The van der Waals surface area contributed by atoms with Gasteiger partial charge in [0.1, 0.15) is 5.60 Å². The highest BCUT2D eigenvalue weighted by atomic mass is 16.6. The fraction of sp³-hybridized carbons (Fsp3) is 0.938. The van der Waals surface area contributed by atoms with Crippen molar-refractivity contribution in [3.63, 3.8) is 0 Å². The molecular formula is C16H28O3. The second kappa shape index (κ2) is 5.82. The Morgan fingerprint density at radius 1 is 1.42 bits per heavy atom. The normalized spacial score (nSPS) is 42.5. The van der Waals surface area contributed by atoms with E-state index in [1.165, 1.54) is 13.3 Å². The maximum absolute atomic E-state index is 11.5. The van der Waals surface area contributed by atoms with Crippen LogP contribution in [0.5, 0.6) is 0 Å². The number of carbonyl (C=O) groups is 1. The fourth-order valence-electron chi connectivity index (χ4n) is 4.01. The average Bonchev–Trinajstić information content (AvgIpc) is 2.26. The van der Waals surface area contributed by atoms with Crippen LogP contribution in [0, 0.1) is 11.8 Å². The van der Waals surface area contributed by atoms with Gasteiger partial charge < -0.3 is 9.47 Å². The zero-order chi connectivity index (χ0) is 14.0. The first-order valence-corrected chi connectivity index (χ1v) is 7.79. The van der Waals surface area contributed by atoms with Crippen molar-refractivity contribution in [3.8, 4) is 0 Å². The molecule has 0 radical (unpaired) electrons. The monoisotopic (exact) mass is 268 g/mol. The fourth-order valence-corrected chi connectivity index (χ4v) is 4.01. The Kier molecular flexibility index (Phi) is 4.54. The summed E-state index contributed by atoms with van der Waals surface area (Å²) in [5, 5.41) is 0. The van der Waals surface area contributed by atoms with Crippen molar-refractivity contribution in [1.29, 1.82) is 0 Å². The van der Waals surface area contributed by atoms with Crippen molar-refractivity contribution in [3.05, 3.63) is 0 Å². The number of fused-ring (bicyclic) bond motifs is 1. The van der Waals surface area contributed by atoms with E-state index in [4.69, 9.17) is 9.47 Å². The topological polar surface area (TPSA) is 35.5 Å². The Labute approximate surface area is 117 Å². The Morgan fingerprint density at radius 3 is 2.79 bits per heavy atom. The van der Waals surface area contributed by atoms with Gasteiger partial charge in [-0.1, -0.05) is 26.7 Å². The summed E-state index contributed by atoms with van der Waals surface area (Å²) in [4.78, 5) is 11.5. The Bertz CT molecular complexity index is 328. The molecule has 2 rings (SSSR count). The first-order valence-electron chi connectivity index (χ1n) is 7.79. The summed E-state index contributed by atoms with van der Waals surface area (Å²) >= 11 is 0. The van der Waals surface area contributed by atoms with Gasteiger partial charge in [0.15, 0.2) is 0 Å². The second-order valence-corrected chi connectivity index (χ2v) is 6.72. The molecule has 3 nitrogen and oxygen atoms in total. The SMILES string of the molecule is CCC[C@H]1C[C@](C)(OC(C)=O)[C@@H]2CC[C@@H](C)C[C@H]2O1. The number of esters is 1. The van der Waals surface area contributed by atoms with Gasteiger partial charge in [0.25, 0.3) is 0 Å². The van der Waals surface area contributed by atoms with Gasteiger partial charge >= 0.3 is 5.97 Å². The summed E-state index contributed by atoms with van der Waals surface area (Å²) in [7, 11) is 0. The Hall–Kier alpha value is -0.570. The van der Waals surface area contributed by atoms with Gasteiger partial charge in [-0.25, -0.2) is 0 Å². The minimum atomic E-state index is -0.325. The van der Waals surface area contributed by atoms with Gasteiger partial charge in [0.05, 0.1) is 12.2 Å². The Balaban J connectivity index is 2.16. The van der Waals surface area contributed by atoms with E-state index in [-0.39, 0.29) is 23.8 Å². The lowest BCUT2D eigenvalue weighted by Crippen LogP contribution is -2.55. The predicted molar refractivity (Wildman–Crippen MR) is 74.9 cm³/mol. The smallest absolute Gasteiger partial charge is 0.303 e. The third kappa shape index (κ3) is 3.31. The highest BCUT2D eigenvalue weighted by Crippen LogP contribution is 2.46. The zero-order valence-electron chi connectivity index (χ0n) is 12.8. The standard InChI is InChI=1S/C16H28O3/c1-5-6-13-10-16(4,19-12(3)17)14-8-7-11(2)9-15(14)18-13/h11,13-15H,5-10H2,1-4H3/t11-,13+,14-,15-,16+/m1/s1. The third-order valence-corrected chi connectivity index (χ3v) is 4.83. The molecule has 19 heavy (non-hydrogen) atoms. The van der Waals surface area contributed by atoms with Crippen molar-refractivity contribution in [2.24, 2.45) is 11.8 Å². The summed E-state index contributed by atoms with van der Waals surface area (Å²) in [5.41, 5.74) is -0.325. The number of hydrogen-bond donors (Lipinski definition) is 0. The summed E-state index contributed by atoms with van der Waals surface area (Å²) in [5.74, 6) is 0.945. The first-order chi connectivity index (χ1) is 8.94. The molecule has 0 spiro atoms. The van der Waals surface area contributed by atoms with Crippen LogP contribution in [0.2, 0.25) is 0 Å². The van der Waals surface area contributed by atoms with Gasteiger partial charge in [-0.15, -0.1) is 0 Å². The molecule has 1 aliphatic carbocycles. The molecule has 0 unspecified atom stereocenters. The van der Waals surface area contributed by atoms with Crippen molar-refractivity contribution >= 4 is 5.97 Å². The van der Waals surface area contributed by atoms with Crippen LogP contribution in [0.25, 0.3) is 0 Å². The van der Waals surface area contributed by atoms with Crippen molar-refractivity contribution in [2.45, 2.75) is 84.0 Å². The molecule has 5 atom stereocenters. The largest absolute Gasteiger partial charge is 0.459 e. The summed E-state index contributed by atoms with van der Waals surface area (Å²) < 4.78 is 12.0. The lowest BCUT2D eigenvalue weighted by atomic mass is 9.68. The molecule has 1 saturated carbocycles. The number of ether oxygens (including phenoxy) is 2. The molecule has 2 fully saturated rings. The molecule has 0 amide bonds. The van der Waals surface area contributed by atoms with Crippen LogP contribution in [0.3, 0.4) is 0 Å². The molecule has 1 saturated heterocycles. The second-order valence-electron chi connectivity index (χ2n) is 6.72. The molecule has 0 bridgehead atoms. The quantitative estimate of drug-likeness (QED) is 0.732. The van der Waals surface area contributed by atoms with E-state index < -0.39 is 0 Å². The van der Waals surface area contributed by atoms with Crippen LogP contribution in [-0.4, -0.2) is 23.8 Å². The summed E-state index contributed by atoms with van der Waals surface area (Å²) in [6.07, 6.45) is 7.02. The van der Waals surface area contributed by atoms with Gasteiger partial charge in [-0.3, -0.25) is 4.79 Å². The van der Waals surface area contributed by atoms with Crippen LogP contribution < -0.4 is 0 Å². The minimum Gasteiger partial charge on any atom is -0.459 e. The highest BCUT2D eigenvalue weighted by Gasteiger charge is 2.50. The first kappa shape index (κ1) is 14.8. The number of rotatable bonds is 3. The van der Waals surface area contributed by atoms with E-state index in [2.05, 4.69) is 20.8 Å². The van der Waals surface area contributed by atoms with E-state index in [1.807, 2.05) is 0 Å². The molecule has 0 N–H and O–H groups in total. The molecule has 3 heteroatoms. The third-order valence-electron chi connectivity index (χ3n) is 4.83. The van der Waals surface area contributed by atoms with Gasteiger partial charge in [-0.2, -0.15) is 0 Å². The summed E-state index contributed by atoms with van der Waals surface area (Å²) in [6.45, 7) is 8.12. The predicted octanol–water partition coefficient (Wildman–Crippen LogP) is 3.70. The van der Waals surface area contributed by atoms with Gasteiger partial charge in [-0.05, 0) is 32.1 Å². The maximum Gasteiger partial charge on any atom is 0.303 e. The summed E-state index contributed by atoms with van der Waals surface area (Å²) in [6, 6.07) is 0. The molecule has 0 aromatic heterocycles.